The van der Waals surface area contributed by atoms with E-state index in [0.29, 0.717) is 5.69 Å². The fourth-order valence-electron chi connectivity index (χ4n) is 2.77. The first-order valence-electron chi connectivity index (χ1n) is 7.38. The lowest BCUT2D eigenvalue weighted by molar-refractivity contribution is -0.138. The van der Waals surface area contributed by atoms with Crippen molar-refractivity contribution >= 4 is 5.69 Å². The molecule has 0 unspecified atom stereocenters. The standard InChI is InChI=1S/C16H23F3N2/c1-15(2)6-9-21(10-7-15)13-4-3-12(5-8-20)14(11-13)16(17,18)19/h3-4,11H,5-10,20H2,1-2H3. The third kappa shape index (κ3) is 3.90. The predicted octanol–water partition coefficient (Wildman–Crippen LogP) is 3.83. The van der Waals surface area contributed by atoms with Gasteiger partial charge in [0.05, 0.1) is 5.56 Å². The third-order valence-electron chi connectivity index (χ3n) is 4.29. The molecule has 2 rings (SSSR count). The summed E-state index contributed by atoms with van der Waals surface area (Å²) < 4.78 is 39.5. The van der Waals surface area contributed by atoms with Crippen LogP contribution in [0.1, 0.15) is 37.8 Å². The second-order valence-electron chi connectivity index (χ2n) is 6.53. The highest BCUT2D eigenvalue weighted by atomic mass is 19.4. The van der Waals surface area contributed by atoms with Gasteiger partial charge in [-0.2, -0.15) is 13.2 Å². The van der Waals surface area contributed by atoms with Crippen LogP contribution in [0, 0.1) is 5.41 Å². The van der Waals surface area contributed by atoms with Gasteiger partial charge in [-0.05, 0) is 48.9 Å². The number of nitrogens with zero attached hydrogens (tertiary/aromatic N) is 1. The minimum atomic E-state index is -4.32. The summed E-state index contributed by atoms with van der Waals surface area (Å²) in [5.74, 6) is 0. The maximum Gasteiger partial charge on any atom is 0.416 e. The van der Waals surface area contributed by atoms with Crippen LogP contribution in [-0.2, 0) is 12.6 Å². The normalized spacial score (nSPS) is 18.9. The van der Waals surface area contributed by atoms with E-state index < -0.39 is 11.7 Å². The number of anilines is 1. The van der Waals surface area contributed by atoms with Crippen molar-refractivity contribution in [1.82, 2.24) is 0 Å². The largest absolute Gasteiger partial charge is 0.416 e. The molecule has 1 fully saturated rings. The quantitative estimate of drug-likeness (QED) is 0.919. The Labute approximate surface area is 124 Å². The summed E-state index contributed by atoms with van der Waals surface area (Å²) in [6.07, 6.45) is -2.07. The molecule has 1 saturated heterocycles. The smallest absolute Gasteiger partial charge is 0.371 e. The van der Waals surface area contributed by atoms with Crippen molar-refractivity contribution in [2.24, 2.45) is 11.1 Å². The van der Waals surface area contributed by atoms with Crippen molar-refractivity contribution < 1.29 is 13.2 Å². The Kier molecular flexibility index (Phi) is 4.51. The highest BCUT2D eigenvalue weighted by Gasteiger charge is 2.34. The van der Waals surface area contributed by atoms with E-state index in [9.17, 15) is 13.2 Å². The Hall–Kier alpha value is -1.23. The molecule has 1 aromatic rings. The van der Waals surface area contributed by atoms with Crippen LogP contribution < -0.4 is 10.6 Å². The van der Waals surface area contributed by atoms with E-state index >= 15 is 0 Å². The maximum atomic E-state index is 13.2. The molecule has 0 radical (unpaired) electrons. The summed E-state index contributed by atoms with van der Waals surface area (Å²) in [4.78, 5) is 2.05. The first-order chi connectivity index (χ1) is 9.73. The first-order valence-corrected chi connectivity index (χ1v) is 7.38. The highest BCUT2D eigenvalue weighted by Crippen LogP contribution is 2.37. The first kappa shape index (κ1) is 16.1. The predicted molar refractivity (Wildman–Crippen MR) is 79.4 cm³/mol. The van der Waals surface area contributed by atoms with Crippen LogP contribution in [0.25, 0.3) is 0 Å². The van der Waals surface area contributed by atoms with E-state index in [1.165, 1.54) is 6.07 Å². The van der Waals surface area contributed by atoms with E-state index in [1.807, 2.05) is 4.90 Å². The fourth-order valence-corrected chi connectivity index (χ4v) is 2.77. The number of halogens is 3. The van der Waals surface area contributed by atoms with Gasteiger partial charge in [0.15, 0.2) is 0 Å². The molecule has 0 aromatic heterocycles. The van der Waals surface area contributed by atoms with E-state index in [2.05, 4.69) is 13.8 Å². The summed E-state index contributed by atoms with van der Waals surface area (Å²) in [5, 5.41) is 0. The van der Waals surface area contributed by atoms with Crippen LogP contribution in [-0.4, -0.2) is 19.6 Å². The molecule has 2 nitrogen and oxygen atoms in total. The molecule has 1 aliphatic heterocycles. The molecule has 0 amide bonds. The average Bonchev–Trinajstić information content (AvgIpc) is 2.38. The zero-order chi connectivity index (χ0) is 15.7. The van der Waals surface area contributed by atoms with Gasteiger partial charge in [-0.3, -0.25) is 0 Å². The van der Waals surface area contributed by atoms with Crippen LogP contribution in [0.5, 0.6) is 0 Å². The molecule has 5 heteroatoms. The minimum absolute atomic E-state index is 0.223. The minimum Gasteiger partial charge on any atom is -0.371 e. The molecule has 0 spiro atoms. The van der Waals surface area contributed by atoms with Crippen LogP contribution in [0.4, 0.5) is 18.9 Å². The molecule has 2 N–H and O–H groups in total. The molecule has 1 aliphatic rings. The topological polar surface area (TPSA) is 29.3 Å². The Bertz CT molecular complexity index is 485. The van der Waals surface area contributed by atoms with Gasteiger partial charge in [0.1, 0.15) is 0 Å². The lowest BCUT2D eigenvalue weighted by Crippen LogP contribution is -2.37. The number of alkyl halides is 3. The summed E-state index contributed by atoms with van der Waals surface area (Å²) in [6.45, 7) is 6.24. The van der Waals surface area contributed by atoms with E-state index in [4.69, 9.17) is 5.73 Å². The van der Waals surface area contributed by atoms with Gasteiger partial charge >= 0.3 is 6.18 Å². The van der Waals surface area contributed by atoms with Gasteiger partial charge < -0.3 is 10.6 Å². The molecule has 0 atom stereocenters. The number of benzene rings is 1. The van der Waals surface area contributed by atoms with Gasteiger partial charge in [-0.25, -0.2) is 0 Å². The summed E-state index contributed by atoms with van der Waals surface area (Å²) in [5.41, 5.74) is 6.09. The molecule has 0 aliphatic carbocycles. The van der Waals surface area contributed by atoms with Crippen molar-refractivity contribution in [3.05, 3.63) is 29.3 Å². The van der Waals surface area contributed by atoms with E-state index in [-0.39, 0.29) is 23.9 Å². The van der Waals surface area contributed by atoms with E-state index in [0.717, 1.165) is 25.9 Å². The van der Waals surface area contributed by atoms with Crippen molar-refractivity contribution in [1.29, 1.82) is 0 Å². The zero-order valence-corrected chi connectivity index (χ0v) is 12.6. The number of hydrogen-bond donors (Lipinski definition) is 1. The molecule has 1 aromatic carbocycles. The van der Waals surface area contributed by atoms with Crippen LogP contribution in [0.2, 0.25) is 0 Å². The number of rotatable bonds is 3. The number of nitrogens with two attached hydrogens (primary N) is 1. The second-order valence-corrected chi connectivity index (χ2v) is 6.53. The Morgan fingerprint density at radius 3 is 2.33 bits per heavy atom. The Morgan fingerprint density at radius 2 is 1.81 bits per heavy atom. The van der Waals surface area contributed by atoms with Crippen molar-refractivity contribution in [2.75, 3.05) is 24.5 Å². The summed E-state index contributed by atoms with van der Waals surface area (Å²) >= 11 is 0. The van der Waals surface area contributed by atoms with Gasteiger partial charge in [-0.15, -0.1) is 0 Å². The van der Waals surface area contributed by atoms with Crippen molar-refractivity contribution in [3.63, 3.8) is 0 Å². The molecule has 0 saturated carbocycles. The highest BCUT2D eigenvalue weighted by molar-refractivity contribution is 5.52. The van der Waals surface area contributed by atoms with Crippen molar-refractivity contribution in [3.8, 4) is 0 Å². The van der Waals surface area contributed by atoms with Gasteiger partial charge in [-0.1, -0.05) is 19.9 Å². The molecular weight excluding hydrogens is 277 g/mol. The number of hydrogen-bond acceptors (Lipinski definition) is 2. The maximum absolute atomic E-state index is 13.2. The van der Waals surface area contributed by atoms with E-state index in [1.54, 1.807) is 12.1 Å². The lowest BCUT2D eigenvalue weighted by atomic mass is 9.82. The van der Waals surface area contributed by atoms with Crippen LogP contribution >= 0.6 is 0 Å². The molecular formula is C16H23F3N2. The van der Waals surface area contributed by atoms with Gasteiger partial charge in [0.2, 0.25) is 0 Å². The fraction of sp³-hybridized carbons (Fsp3) is 0.625. The Morgan fingerprint density at radius 1 is 1.19 bits per heavy atom. The SMILES string of the molecule is CC1(C)CCN(c2ccc(CCN)c(C(F)(F)F)c2)CC1. The zero-order valence-electron chi connectivity index (χ0n) is 12.6. The molecule has 21 heavy (non-hydrogen) atoms. The molecule has 1 heterocycles. The summed E-state index contributed by atoms with van der Waals surface area (Å²) in [6, 6.07) is 4.65. The van der Waals surface area contributed by atoms with Crippen LogP contribution in [0.15, 0.2) is 18.2 Å². The van der Waals surface area contributed by atoms with Crippen LogP contribution in [0.3, 0.4) is 0 Å². The molecule has 118 valence electrons. The third-order valence-corrected chi connectivity index (χ3v) is 4.29. The van der Waals surface area contributed by atoms with Crippen molar-refractivity contribution in [2.45, 2.75) is 39.3 Å². The summed E-state index contributed by atoms with van der Waals surface area (Å²) in [7, 11) is 0. The molecule has 0 bridgehead atoms. The monoisotopic (exact) mass is 300 g/mol. The van der Waals surface area contributed by atoms with Gasteiger partial charge in [0, 0.05) is 18.8 Å². The number of piperidine rings is 1. The second kappa shape index (κ2) is 5.87. The Balaban J connectivity index is 2.26. The van der Waals surface area contributed by atoms with Gasteiger partial charge in [0.25, 0.3) is 0 Å². The average molecular weight is 300 g/mol. The lowest BCUT2D eigenvalue weighted by Gasteiger charge is -2.38.